The van der Waals surface area contributed by atoms with Crippen LogP contribution < -0.4 is 5.32 Å². The van der Waals surface area contributed by atoms with Gasteiger partial charge in [-0.2, -0.15) is 0 Å². The molecule has 1 N–H and O–H groups in total. The largest absolute Gasteiger partial charge is 0.381 e. The van der Waals surface area contributed by atoms with Crippen molar-refractivity contribution in [2.75, 3.05) is 26.7 Å². The smallest absolute Gasteiger partial charge is 0.326 e. The highest BCUT2D eigenvalue weighted by atomic mass is 35.5. The highest BCUT2D eigenvalue weighted by molar-refractivity contribution is 6.20. The van der Waals surface area contributed by atoms with Crippen molar-refractivity contribution in [1.29, 1.82) is 0 Å². The first kappa shape index (κ1) is 26.3. The molecule has 0 aromatic carbocycles. The van der Waals surface area contributed by atoms with Crippen molar-refractivity contribution in [3.8, 4) is 0 Å². The lowest BCUT2D eigenvalue weighted by atomic mass is 9.72. The van der Waals surface area contributed by atoms with Crippen LogP contribution in [-0.4, -0.2) is 77.9 Å². The second-order valence-corrected chi connectivity index (χ2v) is 12.8. The van der Waals surface area contributed by atoms with Gasteiger partial charge in [-0.3, -0.25) is 14.7 Å². The second kappa shape index (κ2) is 11.6. The SMILES string of the molecule is COC1CCCC(C2=NC(C3CCC(Cl)CC3)C(C3CCCC(C)C3)N2C(=O)N2CCNC(=O)C2)C1. The number of methoxy groups -OCH3 is 1. The van der Waals surface area contributed by atoms with Gasteiger partial charge in [-0.05, 0) is 75.5 Å². The lowest BCUT2D eigenvalue weighted by molar-refractivity contribution is -0.123. The first-order valence-corrected chi connectivity index (χ1v) is 15.0. The van der Waals surface area contributed by atoms with Crippen LogP contribution in [0.4, 0.5) is 4.79 Å². The van der Waals surface area contributed by atoms with E-state index in [1.165, 1.54) is 12.8 Å². The van der Waals surface area contributed by atoms with Gasteiger partial charge in [0.2, 0.25) is 5.91 Å². The molecule has 8 heteroatoms. The van der Waals surface area contributed by atoms with Crippen LogP contribution in [0.1, 0.15) is 84.0 Å². The Morgan fingerprint density at radius 1 is 1.03 bits per heavy atom. The number of alkyl halides is 1. The van der Waals surface area contributed by atoms with Gasteiger partial charge in [0.25, 0.3) is 0 Å². The Hall–Kier alpha value is -1.34. The van der Waals surface area contributed by atoms with Crippen LogP contribution >= 0.6 is 11.6 Å². The van der Waals surface area contributed by atoms with E-state index < -0.39 is 0 Å². The van der Waals surface area contributed by atoms with Crippen molar-refractivity contribution in [3.63, 3.8) is 0 Å². The zero-order valence-electron chi connectivity index (χ0n) is 22.2. The molecule has 36 heavy (non-hydrogen) atoms. The van der Waals surface area contributed by atoms with Gasteiger partial charge in [0.1, 0.15) is 12.4 Å². The number of piperazine rings is 1. The number of hydrogen-bond acceptors (Lipinski definition) is 4. The van der Waals surface area contributed by atoms with Crippen LogP contribution in [0, 0.1) is 23.7 Å². The first-order chi connectivity index (χ1) is 17.4. The molecule has 2 aliphatic heterocycles. The fourth-order valence-corrected chi connectivity index (χ4v) is 8.01. The number of carbonyl (C=O) groups excluding carboxylic acids is 2. The molecule has 0 radical (unpaired) electrons. The van der Waals surface area contributed by atoms with Crippen LogP contribution in [0.5, 0.6) is 0 Å². The number of amides is 3. The monoisotopic (exact) mass is 520 g/mol. The number of hydrogen-bond donors (Lipinski definition) is 1. The van der Waals surface area contributed by atoms with Gasteiger partial charge in [-0.15, -0.1) is 11.6 Å². The van der Waals surface area contributed by atoms with Gasteiger partial charge in [-0.1, -0.05) is 26.2 Å². The zero-order valence-corrected chi connectivity index (χ0v) is 22.9. The minimum absolute atomic E-state index is 0.0000961. The average Bonchev–Trinajstić information content (AvgIpc) is 3.29. The molecule has 1 saturated heterocycles. The Morgan fingerprint density at radius 2 is 1.81 bits per heavy atom. The predicted molar refractivity (Wildman–Crippen MR) is 142 cm³/mol. The molecule has 0 aromatic rings. The number of amidine groups is 1. The average molecular weight is 521 g/mol. The van der Waals surface area contributed by atoms with Crippen molar-refractivity contribution < 1.29 is 14.3 Å². The number of ether oxygens (including phenoxy) is 1. The quantitative estimate of drug-likeness (QED) is 0.540. The Balaban J connectivity index is 1.50. The van der Waals surface area contributed by atoms with E-state index in [0.29, 0.717) is 30.8 Å². The van der Waals surface area contributed by atoms with Gasteiger partial charge in [0.05, 0.1) is 18.2 Å². The van der Waals surface area contributed by atoms with Crippen molar-refractivity contribution >= 4 is 29.4 Å². The van der Waals surface area contributed by atoms with Gasteiger partial charge < -0.3 is 15.0 Å². The van der Waals surface area contributed by atoms with E-state index >= 15 is 0 Å². The summed E-state index contributed by atoms with van der Waals surface area (Å²) in [4.78, 5) is 36.0. The summed E-state index contributed by atoms with van der Waals surface area (Å²) in [6.07, 6.45) is 13.5. The number of urea groups is 1. The first-order valence-electron chi connectivity index (χ1n) is 14.5. The molecule has 2 heterocycles. The maximum absolute atomic E-state index is 14.3. The van der Waals surface area contributed by atoms with Crippen molar-refractivity contribution in [3.05, 3.63) is 0 Å². The molecule has 0 spiro atoms. The summed E-state index contributed by atoms with van der Waals surface area (Å²) in [5, 5.41) is 3.15. The van der Waals surface area contributed by atoms with Gasteiger partial charge in [0, 0.05) is 31.5 Å². The molecule has 4 fully saturated rings. The molecule has 3 saturated carbocycles. The Kier molecular flexibility index (Phi) is 8.46. The number of nitrogens with zero attached hydrogens (tertiary/aromatic N) is 3. The molecular formula is C28H45ClN4O3. The highest BCUT2D eigenvalue weighted by Crippen LogP contribution is 2.45. The number of nitrogens with one attached hydrogen (secondary N) is 1. The van der Waals surface area contributed by atoms with Crippen LogP contribution in [-0.2, 0) is 9.53 Å². The standard InChI is InChI=1S/C28H45ClN4O3/c1-18-5-3-6-20(15-18)26-25(19-9-11-22(29)12-10-19)31-27(21-7-4-8-23(16-21)36-2)33(26)28(35)32-14-13-30-24(34)17-32/h18-23,25-26H,3-17H2,1-2H3,(H,30,34). The highest BCUT2D eigenvalue weighted by Gasteiger charge is 2.51. The molecule has 6 atom stereocenters. The topological polar surface area (TPSA) is 74.2 Å². The lowest BCUT2D eigenvalue weighted by Crippen LogP contribution is -2.59. The number of rotatable bonds is 4. The van der Waals surface area contributed by atoms with E-state index in [1.54, 1.807) is 12.0 Å². The van der Waals surface area contributed by atoms with Gasteiger partial charge >= 0.3 is 6.03 Å². The molecule has 0 aromatic heterocycles. The Morgan fingerprint density at radius 3 is 2.53 bits per heavy atom. The minimum Gasteiger partial charge on any atom is -0.381 e. The molecule has 3 amide bonds. The maximum Gasteiger partial charge on any atom is 0.326 e. The minimum atomic E-state index is -0.0655. The Labute approximate surface area is 221 Å². The van der Waals surface area contributed by atoms with Crippen molar-refractivity contribution in [2.24, 2.45) is 28.7 Å². The van der Waals surface area contributed by atoms with Gasteiger partial charge in [-0.25, -0.2) is 4.79 Å². The summed E-state index contributed by atoms with van der Waals surface area (Å²) in [5.74, 6) is 2.78. The van der Waals surface area contributed by atoms with Crippen LogP contribution in [0.15, 0.2) is 4.99 Å². The summed E-state index contributed by atoms with van der Waals surface area (Å²) in [5.41, 5.74) is 0. The number of carbonyl (C=O) groups is 2. The van der Waals surface area contributed by atoms with Crippen LogP contribution in [0.25, 0.3) is 0 Å². The lowest BCUT2D eigenvalue weighted by Gasteiger charge is -2.44. The predicted octanol–water partition coefficient (Wildman–Crippen LogP) is 4.82. The maximum atomic E-state index is 14.3. The van der Waals surface area contributed by atoms with E-state index in [0.717, 1.165) is 70.0 Å². The fraction of sp³-hybridized carbons (Fsp3) is 0.893. The van der Waals surface area contributed by atoms with Gasteiger partial charge in [0.15, 0.2) is 0 Å². The molecule has 0 bridgehead atoms. The molecular weight excluding hydrogens is 476 g/mol. The van der Waals surface area contributed by atoms with E-state index in [2.05, 4.69) is 17.1 Å². The fourth-order valence-electron chi connectivity index (χ4n) is 7.76. The second-order valence-electron chi connectivity index (χ2n) is 12.2. The zero-order chi connectivity index (χ0) is 25.2. The van der Waals surface area contributed by atoms with E-state index in [1.807, 2.05) is 0 Å². The molecule has 6 unspecified atom stereocenters. The normalized spacial score (nSPS) is 40.1. The van der Waals surface area contributed by atoms with Crippen LogP contribution in [0.2, 0.25) is 0 Å². The summed E-state index contributed by atoms with van der Waals surface area (Å²) in [7, 11) is 1.80. The van der Waals surface area contributed by atoms with E-state index in [4.69, 9.17) is 21.3 Å². The third-order valence-corrected chi connectivity index (χ3v) is 10.1. The van der Waals surface area contributed by atoms with Crippen molar-refractivity contribution in [1.82, 2.24) is 15.1 Å². The summed E-state index contributed by atoms with van der Waals surface area (Å²) in [6, 6.07) is 0.241. The number of aliphatic imine (C=N–C) groups is 1. The summed E-state index contributed by atoms with van der Waals surface area (Å²) < 4.78 is 5.78. The molecule has 7 nitrogen and oxygen atoms in total. The number of halogens is 1. The third kappa shape index (κ3) is 5.57. The molecule has 5 aliphatic rings. The third-order valence-electron chi connectivity index (χ3n) is 9.66. The van der Waals surface area contributed by atoms with Crippen LogP contribution in [0.3, 0.4) is 0 Å². The van der Waals surface area contributed by atoms with Crippen molar-refractivity contribution in [2.45, 2.75) is 108 Å². The molecule has 5 rings (SSSR count). The van der Waals surface area contributed by atoms with E-state index in [-0.39, 0.29) is 48.0 Å². The van der Waals surface area contributed by atoms with E-state index in [9.17, 15) is 9.59 Å². The molecule has 202 valence electrons. The summed E-state index contributed by atoms with van der Waals surface area (Å²) >= 11 is 6.51. The Bertz CT molecular complexity index is 830. The summed E-state index contributed by atoms with van der Waals surface area (Å²) in [6.45, 7) is 3.59. The molecule has 3 aliphatic carbocycles.